The number of unbranched alkanes of at least 4 members (excludes halogenated alkanes) is 1. The zero-order valence-corrected chi connectivity index (χ0v) is 12.1. The van der Waals surface area contributed by atoms with E-state index in [4.69, 9.17) is 21.1 Å². The zero-order chi connectivity index (χ0) is 13.6. The Labute approximate surface area is 113 Å². The molecule has 0 saturated carbocycles. The predicted molar refractivity (Wildman–Crippen MR) is 71.6 cm³/mol. The van der Waals surface area contributed by atoms with Gasteiger partial charge in [0.2, 0.25) is 0 Å². The first-order valence-electron chi connectivity index (χ1n) is 5.56. The largest absolute Gasteiger partial charge is 0.497 e. The maximum absolute atomic E-state index is 12.1. The normalized spacial score (nSPS) is 11.3. The van der Waals surface area contributed by atoms with Gasteiger partial charge in [0, 0.05) is 11.9 Å². The number of benzene rings is 1. The topological polar surface area (TPSA) is 52.6 Å². The van der Waals surface area contributed by atoms with Crippen LogP contribution in [-0.2, 0) is 9.84 Å². The summed E-state index contributed by atoms with van der Waals surface area (Å²) in [6, 6.07) is 4.68. The molecule has 102 valence electrons. The van der Waals surface area contributed by atoms with Gasteiger partial charge in [-0.25, -0.2) is 8.42 Å². The van der Waals surface area contributed by atoms with Crippen LogP contribution in [-0.4, -0.2) is 34.3 Å². The van der Waals surface area contributed by atoms with Crippen LogP contribution >= 0.6 is 11.6 Å². The highest BCUT2D eigenvalue weighted by Crippen LogP contribution is 2.29. The minimum atomic E-state index is -3.34. The first kappa shape index (κ1) is 15.1. The Morgan fingerprint density at radius 3 is 2.44 bits per heavy atom. The van der Waals surface area contributed by atoms with E-state index in [0.717, 1.165) is 0 Å². The molecule has 0 unspecified atom stereocenters. The second kappa shape index (κ2) is 6.85. The number of sulfone groups is 1. The summed E-state index contributed by atoms with van der Waals surface area (Å²) in [5.74, 6) is 1.41. The van der Waals surface area contributed by atoms with E-state index in [1.54, 1.807) is 12.1 Å². The van der Waals surface area contributed by atoms with Crippen LogP contribution in [0.2, 0.25) is 0 Å². The molecule has 4 nitrogen and oxygen atoms in total. The lowest BCUT2D eigenvalue weighted by molar-refractivity contribution is 0.386. The summed E-state index contributed by atoms with van der Waals surface area (Å²) in [5, 5.41) is 0. The van der Waals surface area contributed by atoms with Gasteiger partial charge in [-0.15, -0.1) is 11.6 Å². The van der Waals surface area contributed by atoms with Gasteiger partial charge in [-0.3, -0.25) is 0 Å². The fourth-order valence-electron chi connectivity index (χ4n) is 1.53. The van der Waals surface area contributed by atoms with E-state index < -0.39 is 9.84 Å². The molecular formula is C12H17ClO4S. The molecule has 0 N–H and O–H groups in total. The molecule has 0 atom stereocenters. The van der Waals surface area contributed by atoms with Gasteiger partial charge in [-0.05, 0) is 25.0 Å². The van der Waals surface area contributed by atoms with Crippen molar-refractivity contribution >= 4 is 21.4 Å². The zero-order valence-electron chi connectivity index (χ0n) is 10.5. The molecule has 0 heterocycles. The van der Waals surface area contributed by atoms with E-state index in [-0.39, 0.29) is 10.6 Å². The second-order valence-electron chi connectivity index (χ2n) is 3.73. The van der Waals surface area contributed by atoms with Crippen molar-refractivity contribution in [3.05, 3.63) is 18.2 Å². The van der Waals surface area contributed by atoms with Gasteiger partial charge < -0.3 is 9.47 Å². The first-order valence-corrected chi connectivity index (χ1v) is 7.74. The SMILES string of the molecule is COc1ccc(S(=O)(=O)CCCCCl)c(OC)c1. The first-order chi connectivity index (χ1) is 8.55. The van der Waals surface area contributed by atoms with Crippen LogP contribution in [0.15, 0.2) is 23.1 Å². The maximum atomic E-state index is 12.1. The predicted octanol–water partition coefficient (Wildman–Crippen LogP) is 2.50. The number of hydrogen-bond acceptors (Lipinski definition) is 4. The Hall–Kier alpha value is -0.940. The average molecular weight is 293 g/mol. The van der Waals surface area contributed by atoms with Crippen LogP contribution in [0.4, 0.5) is 0 Å². The fraction of sp³-hybridized carbons (Fsp3) is 0.500. The number of hydrogen-bond donors (Lipinski definition) is 0. The van der Waals surface area contributed by atoms with Crippen molar-refractivity contribution in [1.82, 2.24) is 0 Å². The van der Waals surface area contributed by atoms with Gasteiger partial charge >= 0.3 is 0 Å². The van der Waals surface area contributed by atoms with Crippen molar-refractivity contribution < 1.29 is 17.9 Å². The van der Waals surface area contributed by atoms with Gasteiger partial charge in [-0.1, -0.05) is 0 Å². The molecule has 0 radical (unpaired) electrons. The third-order valence-electron chi connectivity index (χ3n) is 2.50. The fourth-order valence-corrected chi connectivity index (χ4v) is 3.25. The van der Waals surface area contributed by atoms with E-state index in [9.17, 15) is 8.42 Å². The molecule has 0 aromatic heterocycles. The lowest BCUT2D eigenvalue weighted by Crippen LogP contribution is -2.09. The van der Waals surface area contributed by atoms with E-state index in [1.165, 1.54) is 20.3 Å². The molecule has 0 aliphatic carbocycles. The highest BCUT2D eigenvalue weighted by atomic mass is 35.5. The molecular weight excluding hydrogens is 276 g/mol. The maximum Gasteiger partial charge on any atom is 0.182 e. The molecule has 0 aliphatic rings. The van der Waals surface area contributed by atoms with Crippen molar-refractivity contribution in [1.29, 1.82) is 0 Å². The smallest absolute Gasteiger partial charge is 0.182 e. The van der Waals surface area contributed by atoms with Gasteiger partial charge in [0.05, 0.1) is 20.0 Å². The summed E-state index contributed by atoms with van der Waals surface area (Å²) in [4.78, 5) is 0.195. The highest BCUT2D eigenvalue weighted by molar-refractivity contribution is 7.91. The Morgan fingerprint density at radius 1 is 1.17 bits per heavy atom. The Morgan fingerprint density at radius 2 is 1.89 bits per heavy atom. The van der Waals surface area contributed by atoms with E-state index >= 15 is 0 Å². The van der Waals surface area contributed by atoms with Gasteiger partial charge in [0.15, 0.2) is 9.84 Å². The van der Waals surface area contributed by atoms with E-state index in [2.05, 4.69) is 0 Å². The van der Waals surface area contributed by atoms with Crippen LogP contribution in [0, 0.1) is 0 Å². The second-order valence-corrected chi connectivity index (χ2v) is 6.19. The molecule has 0 fully saturated rings. The monoisotopic (exact) mass is 292 g/mol. The molecule has 0 bridgehead atoms. The van der Waals surface area contributed by atoms with Crippen LogP contribution < -0.4 is 9.47 Å². The standard InChI is InChI=1S/C12H17ClO4S/c1-16-10-5-6-12(11(9-10)17-2)18(14,15)8-4-3-7-13/h5-6,9H,3-4,7-8H2,1-2H3. The minimum absolute atomic E-state index is 0.0718. The molecule has 0 amide bonds. The molecule has 18 heavy (non-hydrogen) atoms. The molecule has 0 aliphatic heterocycles. The van der Waals surface area contributed by atoms with Crippen LogP contribution in [0.25, 0.3) is 0 Å². The summed E-state index contributed by atoms with van der Waals surface area (Å²) >= 11 is 5.54. The summed E-state index contributed by atoms with van der Waals surface area (Å²) in [7, 11) is -0.385. The van der Waals surface area contributed by atoms with Crippen molar-refractivity contribution in [3.8, 4) is 11.5 Å². The lowest BCUT2D eigenvalue weighted by atomic mass is 10.3. The van der Waals surface area contributed by atoms with E-state index in [1.807, 2.05) is 0 Å². The summed E-state index contributed by atoms with van der Waals surface area (Å²) < 4.78 is 34.4. The molecule has 1 aromatic carbocycles. The number of alkyl halides is 1. The Balaban J connectivity index is 3.00. The molecule has 1 rings (SSSR count). The van der Waals surface area contributed by atoms with Crippen molar-refractivity contribution in [2.24, 2.45) is 0 Å². The average Bonchev–Trinajstić information content (AvgIpc) is 2.38. The third-order valence-corrected chi connectivity index (χ3v) is 4.60. The Bertz CT molecular complexity index is 485. The van der Waals surface area contributed by atoms with Gasteiger partial charge in [0.1, 0.15) is 16.4 Å². The molecule has 0 spiro atoms. The number of methoxy groups -OCH3 is 2. The van der Waals surface area contributed by atoms with Crippen molar-refractivity contribution in [2.75, 3.05) is 25.9 Å². The minimum Gasteiger partial charge on any atom is -0.497 e. The summed E-state index contributed by atoms with van der Waals surface area (Å²) in [5.41, 5.74) is 0. The number of ether oxygens (including phenoxy) is 2. The van der Waals surface area contributed by atoms with Crippen molar-refractivity contribution in [2.45, 2.75) is 17.7 Å². The van der Waals surface area contributed by atoms with Crippen LogP contribution in [0.1, 0.15) is 12.8 Å². The van der Waals surface area contributed by atoms with Gasteiger partial charge in [0.25, 0.3) is 0 Å². The summed E-state index contributed by atoms with van der Waals surface area (Å²) in [6.07, 6.45) is 1.22. The third kappa shape index (κ3) is 3.78. The highest BCUT2D eigenvalue weighted by Gasteiger charge is 2.19. The van der Waals surface area contributed by atoms with Crippen LogP contribution in [0.5, 0.6) is 11.5 Å². The van der Waals surface area contributed by atoms with Crippen LogP contribution in [0.3, 0.4) is 0 Å². The number of rotatable bonds is 7. The molecule has 1 aromatic rings. The quantitative estimate of drug-likeness (QED) is 0.572. The van der Waals surface area contributed by atoms with E-state index in [0.29, 0.717) is 30.2 Å². The molecule has 6 heteroatoms. The van der Waals surface area contributed by atoms with Gasteiger partial charge in [-0.2, -0.15) is 0 Å². The number of halogens is 1. The lowest BCUT2D eigenvalue weighted by Gasteiger charge is -2.10. The van der Waals surface area contributed by atoms with Crippen molar-refractivity contribution in [3.63, 3.8) is 0 Å². The Kier molecular flexibility index (Phi) is 5.75. The molecule has 0 saturated heterocycles. The summed E-state index contributed by atoms with van der Waals surface area (Å²) in [6.45, 7) is 0.